The maximum Gasteiger partial charge on any atom is 0.217 e. The van der Waals surface area contributed by atoms with Crippen molar-refractivity contribution in [1.29, 1.82) is 0 Å². The number of nitrogens with one attached hydrogen (secondary N) is 5. The largest absolute Gasteiger partial charge is 0.394 e. The number of rotatable bonds is 32. The molecule has 0 radical (unpaired) electrons. The topological polar surface area (TPSA) is 847 Å². The van der Waals surface area contributed by atoms with Gasteiger partial charge in [0.1, 0.15) is 238 Å². The van der Waals surface area contributed by atoms with Crippen molar-refractivity contribution in [3.8, 4) is 0 Å². The number of carbonyl (C=O) groups is 5. The number of amides is 5. The molecule has 722 valence electrons. The van der Waals surface area contributed by atoms with Gasteiger partial charge in [-0.2, -0.15) is 0 Å². The highest BCUT2D eigenvalue weighted by atomic mass is 16.8. The summed E-state index contributed by atoms with van der Waals surface area (Å²) in [5.41, 5.74) is 0. The van der Waals surface area contributed by atoms with E-state index in [9.17, 15) is 157 Å². The zero-order valence-corrected chi connectivity index (χ0v) is 67.7. The van der Waals surface area contributed by atoms with Gasteiger partial charge in [0.2, 0.25) is 29.5 Å². The highest BCUT2D eigenvalue weighted by Crippen LogP contribution is 2.41. The Morgan fingerprint density at radius 1 is 0.224 bits per heavy atom. The van der Waals surface area contributed by atoms with Crippen molar-refractivity contribution < 1.29 is 247 Å². The molecule has 10 fully saturated rings. The molecule has 31 N–H and O–H groups in total. The Kier molecular flexibility index (Phi) is 36.8. The third-order valence-electron chi connectivity index (χ3n) is 22.8. The number of carbonyl (C=O) groups excluding carboxylic acids is 5. The first-order valence-electron chi connectivity index (χ1n) is 40.0. The first-order chi connectivity index (χ1) is 59.1. The predicted octanol–water partition coefficient (Wildman–Crippen LogP) is -21.1. The van der Waals surface area contributed by atoms with Gasteiger partial charge in [0.15, 0.2) is 62.9 Å². The average molecular weight is 1830 g/mol. The number of ether oxygens (including phenoxy) is 19. The molecule has 0 aromatic heterocycles. The van der Waals surface area contributed by atoms with E-state index in [4.69, 9.17) is 90.0 Å². The fourth-order valence-corrected chi connectivity index (χ4v) is 16.2. The Balaban J connectivity index is 0.989. The highest BCUT2D eigenvalue weighted by molar-refractivity contribution is 5.75. The molecule has 125 heavy (non-hydrogen) atoms. The second-order valence-corrected chi connectivity index (χ2v) is 31.7. The van der Waals surface area contributed by atoms with E-state index in [0.29, 0.717) is 0 Å². The van der Waals surface area contributed by atoms with Crippen molar-refractivity contribution in [1.82, 2.24) is 26.6 Å². The molecule has 0 aliphatic carbocycles. The van der Waals surface area contributed by atoms with E-state index in [1.807, 2.05) is 0 Å². The maximum absolute atomic E-state index is 13.3. The van der Waals surface area contributed by atoms with Crippen molar-refractivity contribution in [2.75, 3.05) is 59.5 Å². The fourth-order valence-electron chi connectivity index (χ4n) is 16.2. The quantitative estimate of drug-likeness (QED) is 0.0297. The SMILES string of the molecule is CC(=O)N[C@@H]1[C@H](O[C@@H]2[C@@H](O[C@@H]3[C@H](O)[C@H](O[C@H]4[C@H](O)[C@@H](NC(C)=O)[C@H](O[C@H]5[C@H](O)[C@@H](NC(C)=O)C(O)O[C@@H]5CO[C@@H]5O[C@@H](C)[C@@H](O)[C@@H](O)[C@@H]5O)O[C@@H]4CO)O[C@H](CO[C@H]4O[C@H](CO)[C@@H](O)[C@H](O)[C@@H]4O[C@@H]4O[C@H](CO)[C@@H](O[C@@H]5O[C@H](CO)[C@H](O)[C@H](O)[C@H]5O)[C@H](O)[C@H]4NC(C)=O)[C@H]3O)O[C@H](CO)[C@@H](O)[C@@H]2O)O[C@H](CO)[C@@H](O[C@@H]2O[C@H](CO)[C@H](O)[C@H](O)[C@H]2NC(C)=O)[C@@H]1O. The molecule has 0 aromatic rings. The Morgan fingerprint density at radius 2 is 0.496 bits per heavy atom. The lowest BCUT2D eigenvalue weighted by Crippen LogP contribution is -2.71. The lowest BCUT2D eigenvalue weighted by atomic mass is 9.93. The third kappa shape index (κ3) is 23.1. The van der Waals surface area contributed by atoms with Crippen molar-refractivity contribution >= 4 is 29.5 Å². The van der Waals surface area contributed by atoms with Crippen molar-refractivity contribution in [2.45, 2.75) is 348 Å². The Bertz CT molecular complexity index is 3420. The van der Waals surface area contributed by atoms with Crippen LogP contribution in [0.2, 0.25) is 0 Å². The van der Waals surface area contributed by atoms with Crippen LogP contribution in [0.15, 0.2) is 0 Å². The van der Waals surface area contributed by atoms with Gasteiger partial charge < -0.3 is 249 Å². The first kappa shape index (κ1) is 103. The van der Waals surface area contributed by atoms with Crippen molar-refractivity contribution in [3.63, 3.8) is 0 Å². The Hall–Kier alpha value is -4.45. The number of aliphatic hydroxyl groups is 26. The summed E-state index contributed by atoms with van der Waals surface area (Å²) in [6, 6.07) is -9.40. The minimum Gasteiger partial charge on any atom is -0.394 e. The van der Waals surface area contributed by atoms with Gasteiger partial charge in [-0.1, -0.05) is 0 Å². The van der Waals surface area contributed by atoms with Gasteiger partial charge >= 0.3 is 0 Å². The fraction of sp³-hybridized carbons (Fsp3) is 0.929. The number of hydrogen-bond donors (Lipinski definition) is 31. The maximum atomic E-state index is 13.3. The van der Waals surface area contributed by atoms with E-state index in [1.54, 1.807) is 0 Å². The second-order valence-electron chi connectivity index (χ2n) is 31.7. The summed E-state index contributed by atoms with van der Waals surface area (Å²) < 4.78 is 114. The van der Waals surface area contributed by atoms with Crippen LogP contribution < -0.4 is 26.6 Å². The monoisotopic (exact) mass is 1830 g/mol. The zero-order chi connectivity index (χ0) is 92.1. The summed E-state index contributed by atoms with van der Waals surface area (Å²) >= 11 is 0. The van der Waals surface area contributed by atoms with Crippen LogP contribution in [0.5, 0.6) is 0 Å². The minimum atomic E-state index is -2.63. The molecule has 1 unspecified atom stereocenters. The van der Waals surface area contributed by atoms with Crippen molar-refractivity contribution in [3.05, 3.63) is 0 Å². The van der Waals surface area contributed by atoms with Gasteiger partial charge in [-0.3, -0.25) is 24.0 Å². The summed E-state index contributed by atoms with van der Waals surface area (Å²) in [5, 5.41) is 304. The van der Waals surface area contributed by atoms with Gasteiger partial charge in [0.25, 0.3) is 0 Å². The van der Waals surface area contributed by atoms with Crippen LogP contribution >= 0.6 is 0 Å². The molecule has 10 saturated heterocycles. The molecule has 0 saturated carbocycles. The van der Waals surface area contributed by atoms with E-state index in [-0.39, 0.29) is 0 Å². The van der Waals surface area contributed by atoms with E-state index in [2.05, 4.69) is 26.6 Å². The van der Waals surface area contributed by atoms with E-state index in [1.165, 1.54) is 6.92 Å². The van der Waals surface area contributed by atoms with Crippen LogP contribution in [0.4, 0.5) is 0 Å². The molecule has 0 bridgehead atoms. The summed E-state index contributed by atoms with van der Waals surface area (Å²) in [7, 11) is 0. The Morgan fingerprint density at radius 3 is 0.912 bits per heavy atom. The van der Waals surface area contributed by atoms with Gasteiger partial charge in [0, 0.05) is 34.6 Å². The molecule has 0 aromatic carbocycles. The standard InChI is InChI=1S/C70H117N5O50/c1-16-36(88)47(99)51(103)66(109-16)107-15-30-57(43(95)31(61(106)110-30)71-17(2)83)120-63-33(73-19(4)85)45(97)56(28(13-82)115-63)122-68-53(105)58(123-70-60(50(102)40(92)25(10-79)114-70)125-65-34(74-20(5)86)44(96)54(26(11-80)116-65)119-62-32(72-18(3)84)42(94)37(89)22(7-76)111-62)41(93)29(118-68)14-108-69-59(49(101)39(91)24(9-78)113-69)124-64-35(75-21(6)87)46(98)55(27(12-81)117-64)121-67-52(104)48(100)38(90)23(8-77)112-67/h16,22-70,76-82,88-106H,7-15H2,1-6H3,(H,71,83)(H,72,84)(H,73,85)(H,74,86)(H,75,87)/t16-,22+,23+,24+,25+,26+,27+,28+,29+,30+,31+,32+,33+,34-,35+,36+,37-,38-,39+,40+,41+,42+,43+,44+,45+,46+,47+,48-,49-,50-,51-,52+,53-,54+,55+,56+,57+,58-,59-,60-,61?,62-,63-,64-,65-,66+,67-,68-,69-,70+/m0/s1. The zero-order valence-electron chi connectivity index (χ0n) is 67.7. The lowest BCUT2D eigenvalue weighted by Gasteiger charge is -2.51. The molecule has 55 nitrogen and oxygen atoms in total. The summed E-state index contributed by atoms with van der Waals surface area (Å²) in [5.74, 6) is -4.59. The summed E-state index contributed by atoms with van der Waals surface area (Å²) in [4.78, 5) is 64.2. The van der Waals surface area contributed by atoms with Crippen LogP contribution in [-0.4, -0.2) is 529 Å². The summed E-state index contributed by atoms with van der Waals surface area (Å²) in [6.07, 6.45) is -93.1. The van der Waals surface area contributed by atoms with Crippen molar-refractivity contribution in [2.24, 2.45) is 0 Å². The molecule has 10 rings (SSSR count). The minimum absolute atomic E-state index is 0.822. The molecule has 5 amide bonds. The molecule has 0 spiro atoms. The van der Waals surface area contributed by atoms with Crippen LogP contribution in [0.25, 0.3) is 0 Å². The first-order valence-corrected chi connectivity index (χ1v) is 40.0. The highest BCUT2D eigenvalue weighted by Gasteiger charge is 2.62. The van der Waals surface area contributed by atoms with Gasteiger partial charge in [-0.15, -0.1) is 0 Å². The number of hydrogen-bond acceptors (Lipinski definition) is 50. The van der Waals surface area contributed by atoms with Gasteiger partial charge in [0.05, 0.1) is 65.6 Å². The molecule has 10 aliphatic heterocycles. The average Bonchev–Trinajstić information content (AvgIpc) is 0.762. The third-order valence-corrected chi connectivity index (χ3v) is 22.8. The molecule has 10 aliphatic rings. The normalized spacial score (nSPS) is 48.7. The van der Waals surface area contributed by atoms with Crippen LogP contribution in [0.1, 0.15) is 41.5 Å². The van der Waals surface area contributed by atoms with E-state index in [0.717, 1.165) is 34.6 Å². The second kappa shape index (κ2) is 44.9. The molecular formula is C70H117N5O50. The summed E-state index contributed by atoms with van der Waals surface area (Å²) in [6.45, 7) is -3.86. The number of aliphatic hydroxyl groups excluding tert-OH is 26. The van der Waals surface area contributed by atoms with Crippen LogP contribution in [0, 0.1) is 0 Å². The lowest BCUT2D eigenvalue weighted by molar-refractivity contribution is -0.398. The molecule has 55 heteroatoms. The molecular weight excluding hydrogens is 1710 g/mol. The molecule has 50 atom stereocenters. The predicted molar refractivity (Wildman–Crippen MR) is 386 cm³/mol. The van der Waals surface area contributed by atoms with Crippen LogP contribution in [-0.2, 0) is 114 Å². The van der Waals surface area contributed by atoms with Crippen LogP contribution in [0.3, 0.4) is 0 Å². The molecule has 10 heterocycles. The smallest absolute Gasteiger partial charge is 0.217 e. The Labute approximate surface area is 708 Å². The van der Waals surface area contributed by atoms with E-state index < -0.39 is 396 Å². The van der Waals surface area contributed by atoms with Gasteiger partial charge in [-0.25, -0.2) is 0 Å². The van der Waals surface area contributed by atoms with E-state index >= 15 is 0 Å². The van der Waals surface area contributed by atoms with Gasteiger partial charge in [-0.05, 0) is 6.92 Å².